The van der Waals surface area contributed by atoms with Crippen LogP contribution >= 0.6 is 0 Å². The number of hydrogen-bond acceptors (Lipinski definition) is 5. The van der Waals surface area contributed by atoms with E-state index in [1.807, 2.05) is 6.07 Å². The molecule has 6 nitrogen and oxygen atoms in total. The van der Waals surface area contributed by atoms with Gasteiger partial charge in [-0.2, -0.15) is 0 Å². The summed E-state index contributed by atoms with van der Waals surface area (Å²) in [6.45, 7) is 14.0. The summed E-state index contributed by atoms with van der Waals surface area (Å²) in [5, 5.41) is 3.00. The van der Waals surface area contributed by atoms with Gasteiger partial charge >= 0.3 is 11.9 Å². The Bertz CT molecular complexity index is 1110. The Kier molecular flexibility index (Phi) is 7.83. The molecule has 186 valence electrons. The van der Waals surface area contributed by atoms with Gasteiger partial charge in [0.2, 0.25) is 0 Å². The molecule has 1 aliphatic carbocycles. The highest BCUT2D eigenvalue weighted by Gasteiger charge is 2.37. The highest BCUT2D eigenvalue weighted by molar-refractivity contribution is 5.96. The molecule has 1 atom stereocenters. The molecule has 35 heavy (non-hydrogen) atoms. The third-order valence-corrected chi connectivity index (χ3v) is 6.75. The van der Waals surface area contributed by atoms with Crippen LogP contribution in [0.15, 0.2) is 55.1 Å². The van der Waals surface area contributed by atoms with Gasteiger partial charge in [0.15, 0.2) is 0 Å². The third-order valence-electron chi connectivity index (χ3n) is 6.75. The van der Waals surface area contributed by atoms with Gasteiger partial charge in [-0.15, -0.1) is 0 Å². The number of hydrogen-bond donors (Lipinski definition) is 1. The molecule has 0 heterocycles. The Labute approximate surface area is 207 Å². The second-order valence-corrected chi connectivity index (χ2v) is 10.4. The van der Waals surface area contributed by atoms with Crippen LogP contribution in [0, 0.1) is 0 Å². The van der Waals surface area contributed by atoms with E-state index in [0.29, 0.717) is 11.1 Å². The zero-order valence-corrected chi connectivity index (χ0v) is 21.3. The minimum absolute atomic E-state index is 0.00684. The number of fused-ring (bicyclic) bond motifs is 1. The van der Waals surface area contributed by atoms with Crippen molar-refractivity contribution in [3.05, 3.63) is 82.9 Å². The molecule has 0 spiro atoms. The van der Waals surface area contributed by atoms with E-state index in [0.717, 1.165) is 18.4 Å². The van der Waals surface area contributed by atoms with E-state index in [2.05, 4.69) is 51.7 Å². The number of carbonyl (C=O) groups excluding carboxylic acids is 3. The Morgan fingerprint density at radius 2 is 1.54 bits per heavy atom. The number of rotatable bonds is 8. The van der Waals surface area contributed by atoms with Gasteiger partial charge in [0.25, 0.3) is 5.91 Å². The molecule has 1 N–H and O–H groups in total. The van der Waals surface area contributed by atoms with Crippen LogP contribution in [0.5, 0.6) is 0 Å². The number of benzene rings is 2. The van der Waals surface area contributed by atoms with E-state index in [-0.39, 0.29) is 30.0 Å². The van der Waals surface area contributed by atoms with Gasteiger partial charge in [-0.1, -0.05) is 58.5 Å². The predicted octanol–water partition coefficient (Wildman–Crippen LogP) is 5.41. The summed E-state index contributed by atoms with van der Waals surface area (Å²) in [7, 11) is 0. The molecule has 0 saturated heterocycles. The highest BCUT2D eigenvalue weighted by atomic mass is 16.5. The maximum absolute atomic E-state index is 13.1. The minimum atomic E-state index is -0.519. The Balaban J connectivity index is 1.86. The second kappa shape index (κ2) is 10.5. The van der Waals surface area contributed by atoms with E-state index in [1.54, 1.807) is 24.3 Å². The van der Waals surface area contributed by atoms with Gasteiger partial charge in [-0.05, 0) is 64.6 Å². The molecule has 2 aromatic rings. The molecule has 0 aliphatic heterocycles. The maximum atomic E-state index is 13.1. The first-order valence-electron chi connectivity index (χ1n) is 11.9. The monoisotopic (exact) mass is 477 g/mol. The molecule has 0 aromatic heterocycles. The summed E-state index contributed by atoms with van der Waals surface area (Å²) in [6, 6.07) is 12.0. The van der Waals surface area contributed by atoms with Crippen LogP contribution in [-0.4, -0.2) is 31.1 Å². The van der Waals surface area contributed by atoms with Crippen molar-refractivity contribution in [2.75, 3.05) is 13.2 Å². The van der Waals surface area contributed by atoms with Crippen LogP contribution in [-0.2, 0) is 25.1 Å². The normalized spacial score (nSPS) is 16.4. The summed E-state index contributed by atoms with van der Waals surface area (Å²) in [5.74, 6) is -1.22. The summed E-state index contributed by atoms with van der Waals surface area (Å²) in [6.07, 6.45) is 3.67. The molecule has 0 fully saturated rings. The lowest BCUT2D eigenvalue weighted by molar-refractivity contribution is -0.141. The van der Waals surface area contributed by atoms with Gasteiger partial charge in [0, 0.05) is 12.5 Å². The lowest BCUT2D eigenvalue weighted by atomic mass is 9.63. The van der Waals surface area contributed by atoms with E-state index in [1.165, 1.54) is 24.1 Å². The first-order valence-corrected chi connectivity index (χ1v) is 11.9. The van der Waals surface area contributed by atoms with E-state index in [4.69, 9.17) is 9.47 Å². The summed E-state index contributed by atoms with van der Waals surface area (Å²) in [4.78, 5) is 36.6. The van der Waals surface area contributed by atoms with E-state index < -0.39 is 18.0 Å². The van der Waals surface area contributed by atoms with Crippen molar-refractivity contribution in [2.24, 2.45) is 0 Å². The summed E-state index contributed by atoms with van der Waals surface area (Å²) < 4.78 is 10.3. The number of nitrogens with one attached hydrogen (secondary N) is 1. The highest BCUT2D eigenvalue weighted by Crippen LogP contribution is 2.46. The fraction of sp³-hybridized carbons (Fsp3) is 0.414. The number of carbonyl (C=O) groups is 3. The first-order chi connectivity index (χ1) is 16.4. The largest absolute Gasteiger partial charge is 0.463 e. The van der Waals surface area contributed by atoms with Crippen LogP contribution in [0.4, 0.5) is 0 Å². The van der Waals surface area contributed by atoms with Crippen LogP contribution in [0.2, 0.25) is 0 Å². The fourth-order valence-electron chi connectivity index (χ4n) is 4.46. The molecule has 3 rings (SSSR count). The topological polar surface area (TPSA) is 81.7 Å². The lowest BCUT2D eigenvalue weighted by Crippen LogP contribution is -2.35. The molecule has 2 aromatic carbocycles. The van der Waals surface area contributed by atoms with Crippen LogP contribution in [0.3, 0.4) is 0 Å². The van der Waals surface area contributed by atoms with Gasteiger partial charge < -0.3 is 14.8 Å². The molecule has 1 amide bonds. The predicted molar refractivity (Wildman–Crippen MR) is 135 cm³/mol. The molecule has 1 aliphatic rings. The van der Waals surface area contributed by atoms with Crippen molar-refractivity contribution >= 4 is 17.8 Å². The fourth-order valence-corrected chi connectivity index (χ4v) is 4.46. The molecular weight excluding hydrogens is 442 g/mol. The number of esters is 2. The summed E-state index contributed by atoms with van der Waals surface area (Å²) >= 11 is 0. The minimum Gasteiger partial charge on any atom is -0.463 e. The average molecular weight is 478 g/mol. The van der Waals surface area contributed by atoms with Crippen LogP contribution in [0.25, 0.3) is 0 Å². The zero-order valence-electron chi connectivity index (χ0n) is 21.3. The van der Waals surface area contributed by atoms with Gasteiger partial charge in [-0.3, -0.25) is 9.59 Å². The Morgan fingerprint density at radius 3 is 2.14 bits per heavy atom. The molecule has 1 unspecified atom stereocenters. The van der Waals surface area contributed by atoms with Crippen molar-refractivity contribution in [3.8, 4) is 0 Å². The molecule has 0 bridgehead atoms. The van der Waals surface area contributed by atoms with Crippen LogP contribution < -0.4 is 5.32 Å². The lowest BCUT2D eigenvalue weighted by Gasteiger charge is -2.42. The van der Waals surface area contributed by atoms with Crippen LogP contribution in [0.1, 0.15) is 90.9 Å². The van der Waals surface area contributed by atoms with Crippen molar-refractivity contribution < 1.29 is 23.9 Å². The number of ether oxygens (including phenoxy) is 2. The third kappa shape index (κ3) is 6.18. The Hall–Kier alpha value is -3.41. The molecular formula is C29H35NO5. The first kappa shape index (κ1) is 26.2. The molecule has 6 heteroatoms. The average Bonchev–Trinajstić information content (AvgIpc) is 2.82. The quantitative estimate of drug-likeness (QED) is 0.406. The maximum Gasteiger partial charge on any atom is 0.338 e. The standard InChI is InChI=1S/C29H35NO5/c1-7-16-34-27(33)21-10-8-20(9-11-21)26(32)30-25(18-35-19(2)31)22-12-13-23-24(17-22)29(5,6)15-14-28(23,3)4/h7-13,17,25H,1,14-16,18H2,2-6H3,(H,30,32). The number of amides is 1. The van der Waals surface area contributed by atoms with E-state index >= 15 is 0 Å². The smallest absolute Gasteiger partial charge is 0.338 e. The summed E-state index contributed by atoms with van der Waals surface area (Å²) in [5.41, 5.74) is 4.27. The van der Waals surface area contributed by atoms with E-state index in [9.17, 15) is 14.4 Å². The second-order valence-electron chi connectivity index (χ2n) is 10.4. The van der Waals surface area contributed by atoms with Gasteiger partial charge in [0.1, 0.15) is 13.2 Å². The van der Waals surface area contributed by atoms with Crippen molar-refractivity contribution in [1.82, 2.24) is 5.32 Å². The van der Waals surface area contributed by atoms with Crippen molar-refractivity contribution in [3.63, 3.8) is 0 Å². The zero-order chi connectivity index (χ0) is 25.8. The SMILES string of the molecule is C=CCOC(=O)c1ccc(C(=O)NC(COC(C)=O)c2ccc3c(c2)C(C)(C)CCC3(C)C)cc1. The van der Waals surface area contributed by atoms with Gasteiger partial charge in [-0.25, -0.2) is 4.79 Å². The van der Waals surface area contributed by atoms with Crippen molar-refractivity contribution in [2.45, 2.75) is 64.3 Å². The molecule has 0 radical (unpaired) electrons. The Morgan fingerprint density at radius 1 is 0.943 bits per heavy atom. The van der Waals surface area contributed by atoms with Crippen molar-refractivity contribution in [1.29, 1.82) is 0 Å². The van der Waals surface area contributed by atoms with Gasteiger partial charge in [0.05, 0.1) is 11.6 Å². The molecule has 0 saturated carbocycles.